The van der Waals surface area contributed by atoms with Crippen molar-refractivity contribution in [2.45, 2.75) is 19.4 Å². The molecule has 5 rings (SSSR count). The summed E-state index contributed by atoms with van der Waals surface area (Å²) in [5.74, 6) is 2.36. The molecule has 178 valence electrons. The summed E-state index contributed by atoms with van der Waals surface area (Å²) in [6.45, 7) is 5.46. The first-order valence-electron chi connectivity index (χ1n) is 12.0. The number of aromatic nitrogens is 2. The molecule has 3 aromatic rings. The zero-order chi connectivity index (χ0) is 23.3. The van der Waals surface area contributed by atoms with E-state index in [1.807, 2.05) is 47.4 Å². The number of carbonyl (C=O) groups is 1. The second-order valence-corrected chi connectivity index (χ2v) is 8.96. The van der Waals surface area contributed by atoms with Gasteiger partial charge in [-0.25, -0.2) is 0 Å². The summed E-state index contributed by atoms with van der Waals surface area (Å²) >= 11 is 0. The number of likely N-dealkylation sites (tertiary alicyclic amines) is 1. The van der Waals surface area contributed by atoms with Gasteiger partial charge in [0.15, 0.2) is 0 Å². The standard InChI is InChI=1S/C26H31N5O3/c1-33-23-11-9-22(10-12-23)30-14-16-31(17-15-30)26(32)21-8-5-13-29(18-21)19-24-27-25(28-34-24)20-6-3-2-4-7-20/h2-4,6-7,9-12,21H,5,8,13-19H2,1H3. The first kappa shape index (κ1) is 22.4. The molecule has 1 atom stereocenters. The van der Waals surface area contributed by atoms with Gasteiger partial charge in [0.2, 0.25) is 17.6 Å². The van der Waals surface area contributed by atoms with E-state index in [1.54, 1.807) is 7.11 Å². The minimum absolute atomic E-state index is 0.0257. The van der Waals surface area contributed by atoms with Crippen LogP contribution < -0.4 is 9.64 Å². The van der Waals surface area contributed by atoms with Crippen molar-refractivity contribution < 1.29 is 14.1 Å². The Hall–Kier alpha value is -3.39. The number of ether oxygens (including phenoxy) is 1. The molecule has 0 spiro atoms. The van der Waals surface area contributed by atoms with Crippen LogP contribution in [0.25, 0.3) is 11.4 Å². The lowest BCUT2D eigenvalue weighted by atomic mass is 9.96. The quantitative estimate of drug-likeness (QED) is 0.558. The van der Waals surface area contributed by atoms with Gasteiger partial charge in [-0.3, -0.25) is 9.69 Å². The Morgan fingerprint density at radius 1 is 1.03 bits per heavy atom. The number of carbonyl (C=O) groups excluding carboxylic acids is 1. The van der Waals surface area contributed by atoms with E-state index < -0.39 is 0 Å². The number of hydrogen-bond donors (Lipinski definition) is 0. The lowest BCUT2D eigenvalue weighted by Crippen LogP contribution is -2.52. The Morgan fingerprint density at radius 2 is 1.79 bits per heavy atom. The molecule has 3 heterocycles. The smallest absolute Gasteiger partial charge is 0.241 e. The summed E-state index contributed by atoms with van der Waals surface area (Å²) in [5.41, 5.74) is 2.11. The summed E-state index contributed by atoms with van der Waals surface area (Å²) < 4.78 is 10.7. The van der Waals surface area contributed by atoms with Crippen molar-refractivity contribution in [3.63, 3.8) is 0 Å². The largest absolute Gasteiger partial charge is 0.497 e. The molecular weight excluding hydrogens is 430 g/mol. The van der Waals surface area contributed by atoms with E-state index in [0.717, 1.165) is 63.4 Å². The number of amides is 1. The minimum Gasteiger partial charge on any atom is -0.497 e. The first-order chi connectivity index (χ1) is 16.7. The molecule has 1 aromatic heterocycles. The summed E-state index contributed by atoms with van der Waals surface area (Å²) in [6, 6.07) is 18.0. The van der Waals surface area contributed by atoms with Crippen molar-refractivity contribution in [1.82, 2.24) is 19.9 Å². The molecule has 1 unspecified atom stereocenters. The molecule has 2 aliphatic rings. The van der Waals surface area contributed by atoms with E-state index in [1.165, 1.54) is 5.69 Å². The van der Waals surface area contributed by atoms with Crippen LogP contribution in [-0.2, 0) is 11.3 Å². The van der Waals surface area contributed by atoms with Crippen LogP contribution in [0.4, 0.5) is 5.69 Å². The highest BCUT2D eigenvalue weighted by atomic mass is 16.5. The van der Waals surface area contributed by atoms with Crippen LogP contribution in [0.15, 0.2) is 59.1 Å². The topological polar surface area (TPSA) is 74.9 Å². The molecule has 0 bridgehead atoms. The Bertz CT molecular complexity index is 1080. The van der Waals surface area contributed by atoms with Gasteiger partial charge in [0, 0.05) is 44.0 Å². The molecule has 34 heavy (non-hydrogen) atoms. The van der Waals surface area contributed by atoms with E-state index in [9.17, 15) is 4.79 Å². The van der Waals surface area contributed by atoms with Crippen LogP contribution in [0.2, 0.25) is 0 Å². The second-order valence-electron chi connectivity index (χ2n) is 8.96. The second kappa shape index (κ2) is 10.3. The van der Waals surface area contributed by atoms with Gasteiger partial charge in [-0.2, -0.15) is 4.98 Å². The average molecular weight is 462 g/mol. The van der Waals surface area contributed by atoms with Gasteiger partial charge in [0.1, 0.15) is 5.75 Å². The fourth-order valence-corrected chi connectivity index (χ4v) is 4.85. The number of methoxy groups -OCH3 is 1. The summed E-state index contributed by atoms with van der Waals surface area (Å²) in [4.78, 5) is 24.5. The predicted molar refractivity (Wildman–Crippen MR) is 130 cm³/mol. The number of anilines is 1. The van der Waals surface area contributed by atoms with Crippen LogP contribution in [0, 0.1) is 5.92 Å². The molecule has 0 radical (unpaired) electrons. The zero-order valence-corrected chi connectivity index (χ0v) is 19.6. The Labute approximate surface area is 200 Å². The summed E-state index contributed by atoms with van der Waals surface area (Å²) in [7, 11) is 1.68. The maximum atomic E-state index is 13.3. The Morgan fingerprint density at radius 3 is 2.53 bits per heavy atom. The molecule has 2 aliphatic heterocycles. The summed E-state index contributed by atoms with van der Waals surface area (Å²) in [5, 5.41) is 4.12. The SMILES string of the molecule is COc1ccc(N2CCN(C(=O)C3CCCN(Cc4nc(-c5ccccc5)no4)C3)CC2)cc1. The van der Waals surface area contributed by atoms with Gasteiger partial charge in [-0.15, -0.1) is 0 Å². The highest BCUT2D eigenvalue weighted by Gasteiger charge is 2.31. The van der Waals surface area contributed by atoms with E-state index in [-0.39, 0.29) is 11.8 Å². The minimum atomic E-state index is 0.0257. The van der Waals surface area contributed by atoms with E-state index in [2.05, 4.69) is 32.1 Å². The molecule has 0 saturated carbocycles. The van der Waals surface area contributed by atoms with Gasteiger partial charge >= 0.3 is 0 Å². The maximum absolute atomic E-state index is 13.3. The lowest BCUT2D eigenvalue weighted by Gasteiger charge is -2.39. The highest BCUT2D eigenvalue weighted by molar-refractivity contribution is 5.79. The molecule has 8 heteroatoms. The van der Waals surface area contributed by atoms with E-state index in [4.69, 9.17) is 9.26 Å². The van der Waals surface area contributed by atoms with Crippen LogP contribution in [0.3, 0.4) is 0 Å². The van der Waals surface area contributed by atoms with Crippen molar-refractivity contribution in [2.75, 3.05) is 51.3 Å². The van der Waals surface area contributed by atoms with Crippen molar-refractivity contribution in [2.24, 2.45) is 5.92 Å². The van der Waals surface area contributed by atoms with Crippen LogP contribution >= 0.6 is 0 Å². The number of piperidine rings is 1. The van der Waals surface area contributed by atoms with Gasteiger partial charge in [-0.05, 0) is 43.7 Å². The lowest BCUT2D eigenvalue weighted by molar-refractivity contribution is -0.137. The highest BCUT2D eigenvalue weighted by Crippen LogP contribution is 2.24. The first-order valence-corrected chi connectivity index (χ1v) is 12.0. The van der Waals surface area contributed by atoms with Crippen LogP contribution in [-0.4, -0.2) is 72.2 Å². The molecule has 2 aromatic carbocycles. The zero-order valence-electron chi connectivity index (χ0n) is 19.6. The van der Waals surface area contributed by atoms with Crippen molar-refractivity contribution in [1.29, 1.82) is 0 Å². The van der Waals surface area contributed by atoms with E-state index in [0.29, 0.717) is 18.3 Å². The van der Waals surface area contributed by atoms with Gasteiger partial charge in [0.25, 0.3) is 0 Å². The fourth-order valence-electron chi connectivity index (χ4n) is 4.85. The monoisotopic (exact) mass is 461 g/mol. The molecule has 2 fully saturated rings. The number of hydrogen-bond acceptors (Lipinski definition) is 7. The molecule has 2 saturated heterocycles. The maximum Gasteiger partial charge on any atom is 0.241 e. The van der Waals surface area contributed by atoms with Crippen molar-refractivity contribution >= 4 is 11.6 Å². The molecule has 8 nitrogen and oxygen atoms in total. The summed E-state index contributed by atoms with van der Waals surface area (Å²) in [6.07, 6.45) is 1.94. The van der Waals surface area contributed by atoms with Crippen molar-refractivity contribution in [3.8, 4) is 17.1 Å². The molecule has 0 N–H and O–H groups in total. The van der Waals surface area contributed by atoms with E-state index >= 15 is 0 Å². The predicted octanol–water partition coefficient (Wildman–Crippen LogP) is 3.31. The Balaban J connectivity index is 1.14. The van der Waals surface area contributed by atoms with Crippen LogP contribution in [0.5, 0.6) is 5.75 Å². The average Bonchev–Trinajstić information content (AvgIpc) is 3.37. The van der Waals surface area contributed by atoms with Gasteiger partial charge < -0.3 is 19.1 Å². The third kappa shape index (κ3) is 5.07. The molecule has 0 aliphatic carbocycles. The Kier molecular flexibility index (Phi) is 6.76. The fraction of sp³-hybridized carbons (Fsp3) is 0.423. The number of benzene rings is 2. The normalized spacial score (nSPS) is 19.3. The molecule has 1 amide bonds. The number of nitrogens with zero attached hydrogens (tertiary/aromatic N) is 5. The molecular formula is C26H31N5O3. The van der Waals surface area contributed by atoms with Gasteiger partial charge in [-0.1, -0.05) is 35.5 Å². The van der Waals surface area contributed by atoms with Crippen LogP contribution in [0.1, 0.15) is 18.7 Å². The van der Waals surface area contributed by atoms with Crippen molar-refractivity contribution in [3.05, 3.63) is 60.5 Å². The number of piperazine rings is 1. The third-order valence-corrected chi connectivity index (χ3v) is 6.74. The number of rotatable bonds is 6. The third-order valence-electron chi connectivity index (χ3n) is 6.74. The van der Waals surface area contributed by atoms with Gasteiger partial charge in [0.05, 0.1) is 19.6 Å².